The molecule has 6 nitrogen and oxygen atoms in total. The molecule has 0 aliphatic carbocycles. The fraction of sp³-hybridized carbons (Fsp3) is 0.250. The van der Waals surface area contributed by atoms with Crippen LogP contribution in [0.4, 0.5) is 10.2 Å². The monoisotopic (exact) mass is 265 g/mol. The molecule has 0 saturated carbocycles. The summed E-state index contributed by atoms with van der Waals surface area (Å²) >= 11 is 0. The summed E-state index contributed by atoms with van der Waals surface area (Å²) in [6.07, 6.45) is 5.77. The first kappa shape index (κ1) is 14.8. The van der Waals surface area contributed by atoms with E-state index in [1.54, 1.807) is 26.2 Å². The van der Waals surface area contributed by atoms with Gasteiger partial charge in [0.1, 0.15) is 6.61 Å². The molecular weight excluding hydrogens is 249 g/mol. The maximum absolute atomic E-state index is 13.2. The van der Waals surface area contributed by atoms with Crippen molar-refractivity contribution in [2.24, 2.45) is 10.8 Å². The van der Waals surface area contributed by atoms with Gasteiger partial charge in [-0.05, 0) is 18.6 Å². The molecule has 0 fully saturated rings. The van der Waals surface area contributed by atoms with E-state index < -0.39 is 5.82 Å². The maximum atomic E-state index is 13.2. The van der Waals surface area contributed by atoms with E-state index in [4.69, 9.17) is 10.6 Å². The van der Waals surface area contributed by atoms with E-state index in [9.17, 15) is 4.39 Å². The van der Waals surface area contributed by atoms with Gasteiger partial charge in [0, 0.05) is 19.5 Å². The topological polar surface area (TPSA) is 76.6 Å². The number of rotatable bonds is 6. The van der Waals surface area contributed by atoms with Crippen molar-refractivity contribution in [2.45, 2.75) is 6.92 Å². The van der Waals surface area contributed by atoms with Crippen LogP contribution in [0.15, 0.2) is 35.6 Å². The van der Waals surface area contributed by atoms with Gasteiger partial charge < -0.3 is 9.75 Å². The van der Waals surface area contributed by atoms with E-state index in [0.29, 0.717) is 5.57 Å². The van der Waals surface area contributed by atoms with Crippen LogP contribution in [0.1, 0.15) is 6.92 Å². The number of ether oxygens (including phenoxy) is 1. The molecule has 0 bridgehead atoms. The zero-order chi connectivity index (χ0) is 14.3. The van der Waals surface area contributed by atoms with Crippen molar-refractivity contribution in [3.63, 3.8) is 0 Å². The first-order valence-corrected chi connectivity index (χ1v) is 5.50. The van der Waals surface area contributed by atoms with Crippen molar-refractivity contribution in [3.8, 4) is 6.01 Å². The van der Waals surface area contributed by atoms with Gasteiger partial charge in [-0.1, -0.05) is 6.58 Å². The number of nitrogens with zero attached hydrogens (tertiary/aromatic N) is 4. The minimum atomic E-state index is -0.603. The molecule has 0 aliphatic heterocycles. The number of hydrazine groups is 1. The predicted molar refractivity (Wildman–Crippen MR) is 71.5 cm³/mol. The molecule has 102 valence electrons. The molecular formula is C12H16FN5O. The van der Waals surface area contributed by atoms with Crippen molar-refractivity contribution in [1.29, 1.82) is 0 Å². The summed E-state index contributed by atoms with van der Waals surface area (Å²) < 4.78 is 18.5. The maximum Gasteiger partial charge on any atom is 0.318 e. The third-order valence-electron chi connectivity index (χ3n) is 1.89. The highest BCUT2D eigenvalue weighted by Crippen LogP contribution is 2.16. The van der Waals surface area contributed by atoms with Crippen LogP contribution >= 0.6 is 0 Å². The molecule has 0 aromatic carbocycles. The molecule has 0 unspecified atom stereocenters. The second kappa shape index (κ2) is 7.22. The van der Waals surface area contributed by atoms with Gasteiger partial charge >= 0.3 is 6.01 Å². The zero-order valence-corrected chi connectivity index (χ0v) is 10.9. The Morgan fingerprint density at radius 1 is 1.68 bits per heavy atom. The van der Waals surface area contributed by atoms with Crippen molar-refractivity contribution in [2.75, 3.05) is 13.7 Å². The molecule has 1 heterocycles. The van der Waals surface area contributed by atoms with Crippen molar-refractivity contribution in [3.05, 3.63) is 36.4 Å². The summed E-state index contributed by atoms with van der Waals surface area (Å²) in [5.41, 5.74) is 0.672. The van der Waals surface area contributed by atoms with Crippen LogP contribution in [0.25, 0.3) is 0 Å². The molecule has 1 aromatic rings. The molecule has 0 saturated heterocycles. The van der Waals surface area contributed by atoms with Gasteiger partial charge in [0.2, 0.25) is 0 Å². The van der Waals surface area contributed by atoms with E-state index in [2.05, 4.69) is 21.5 Å². The van der Waals surface area contributed by atoms with E-state index in [-0.39, 0.29) is 18.4 Å². The number of hydrogen-bond acceptors (Lipinski definition) is 6. The largest absolute Gasteiger partial charge is 0.459 e. The summed E-state index contributed by atoms with van der Waals surface area (Å²) in [6, 6.07) is 0.0395. The fourth-order valence-electron chi connectivity index (χ4n) is 1.05. The SMILES string of the molecule is C=C(/C=C\N(C)N)COc1ncc(F)c(/N=C/C)n1. The molecule has 2 N–H and O–H groups in total. The van der Waals surface area contributed by atoms with Crippen molar-refractivity contribution < 1.29 is 9.13 Å². The summed E-state index contributed by atoms with van der Waals surface area (Å²) in [4.78, 5) is 11.3. The smallest absolute Gasteiger partial charge is 0.318 e. The fourth-order valence-corrected chi connectivity index (χ4v) is 1.05. The molecule has 0 atom stereocenters. The molecule has 7 heteroatoms. The van der Waals surface area contributed by atoms with Crippen LogP contribution in [0.5, 0.6) is 6.01 Å². The third-order valence-corrected chi connectivity index (χ3v) is 1.89. The quantitative estimate of drug-likeness (QED) is 0.366. The van der Waals surface area contributed by atoms with Crippen LogP contribution < -0.4 is 10.6 Å². The minimum absolute atomic E-state index is 0.0395. The lowest BCUT2D eigenvalue weighted by atomic mass is 10.3. The Kier molecular flexibility index (Phi) is 5.62. The molecule has 0 radical (unpaired) electrons. The molecule has 1 rings (SSSR count). The second-order valence-electron chi connectivity index (χ2n) is 3.64. The average Bonchev–Trinajstić information content (AvgIpc) is 2.37. The normalized spacial score (nSPS) is 11.2. The van der Waals surface area contributed by atoms with Gasteiger partial charge in [0.05, 0.1) is 6.20 Å². The lowest BCUT2D eigenvalue weighted by Crippen LogP contribution is -2.18. The van der Waals surface area contributed by atoms with Gasteiger partial charge in [-0.3, -0.25) is 0 Å². The Balaban J connectivity index is 2.63. The van der Waals surface area contributed by atoms with E-state index in [1.165, 1.54) is 11.2 Å². The van der Waals surface area contributed by atoms with Gasteiger partial charge in [-0.2, -0.15) is 4.98 Å². The molecule has 0 amide bonds. The van der Waals surface area contributed by atoms with Crippen LogP contribution in [0.2, 0.25) is 0 Å². The summed E-state index contributed by atoms with van der Waals surface area (Å²) in [5.74, 6) is 4.74. The van der Waals surface area contributed by atoms with Crippen LogP contribution in [0, 0.1) is 5.82 Å². The Bertz CT molecular complexity index is 499. The molecule has 0 spiro atoms. The Morgan fingerprint density at radius 3 is 3.05 bits per heavy atom. The summed E-state index contributed by atoms with van der Waals surface area (Å²) in [5, 5.41) is 1.38. The molecule has 1 aromatic heterocycles. The first-order chi connectivity index (χ1) is 9.02. The van der Waals surface area contributed by atoms with Crippen molar-refractivity contribution in [1.82, 2.24) is 15.0 Å². The summed E-state index contributed by atoms with van der Waals surface area (Å²) in [7, 11) is 1.68. The number of hydrogen-bond donors (Lipinski definition) is 1. The number of aliphatic imine (C=N–C) groups is 1. The number of halogens is 1. The Hall–Kier alpha value is -2.28. The predicted octanol–water partition coefficient (Wildman–Crippen LogP) is 1.59. The highest BCUT2D eigenvalue weighted by Gasteiger charge is 2.06. The Morgan fingerprint density at radius 2 is 2.42 bits per heavy atom. The van der Waals surface area contributed by atoms with Gasteiger partial charge in [0.15, 0.2) is 11.6 Å². The standard InChI is InChI=1S/C12H16FN5O/c1-4-15-11-10(13)7-16-12(17-11)19-8-9(2)5-6-18(3)14/h4-7H,2,8,14H2,1,3H3/b6-5-,15-4+. The number of nitrogens with two attached hydrogens (primary N) is 1. The lowest BCUT2D eigenvalue weighted by Gasteiger charge is -2.06. The van der Waals surface area contributed by atoms with E-state index >= 15 is 0 Å². The minimum Gasteiger partial charge on any atom is -0.459 e. The first-order valence-electron chi connectivity index (χ1n) is 5.50. The zero-order valence-electron chi connectivity index (χ0n) is 10.9. The average molecular weight is 265 g/mol. The third kappa shape index (κ3) is 5.26. The van der Waals surface area contributed by atoms with E-state index in [0.717, 1.165) is 6.20 Å². The van der Waals surface area contributed by atoms with Crippen molar-refractivity contribution >= 4 is 12.0 Å². The van der Waals surface area contributed by atoms with E-state index in [1.807, 2.05) is 0 Å². The lowest BCUT2D eigenvalue weighted by molar-refractivity contribution is 0.325. The Labute approximate surface area is 111 Å². The summed E-state index contributed by atoms with van der Waals surface area (Å²) in [6.45, 7) is 5.60. The van der Waals surface area contributed by atoms with Gasteiger partial charge in [0.25, 0.3) is 0 Å². The van der Waals surface area contributed by atoms with Gasteiger partial charge in [-0.15, -0.1) is 0 Å². The highest BCUT2D eigenvalue weighted by molar-refractivity contribution is 5.58. The van der Waals surface area contributed by atoms with Crippen LogP contribution in [0.3, 0.4) is 0 Å². The van der Waals surface area contributed by atoms with Crippen LogP contribution in [-0.4, -0.2) is 34.8 Å². The van der Waals surface area contributed by atoms with Gasteiger partial charge in [-0.25, -0.2) is 20.2 Å². The number of aromatic nitrogens is 2. The molecule has 0 aliphatic rings. The molecule has 19 heavy (non-hydrogen) atoms. The van der Waals surface area contributed by atoms with Crippen LogP contribution in [-0.2, 0) is 0 Å². The highest BCUT2D eigenvalue weighted by atomic mass is 19.1. The second-order valence-corrected chi connectivity index (χ2v) is 3.64.